The number of aliphatic hydroxyl groups is 1. The third kappa shape index (κ3) is 5.68. The maximum atomic E-state index is 12.3. The summed E-state index contributed by atoms with van der Waals surface area (Å²) in [7, 11) is 0. The Hall–Kier alpha value is -3.00. The normalized spacial score (nSPS) is 16.3. The first-order valence-corrected chi connectivity index (χ1v) is 11.5. The molecule has 7 heteroatoms. The lowest BCUT2D eigenvalue weighted by atomic mass is 9.83. The lowest BCUT2D eigenvalue weighted by molar-refractivity contribution is -0.138. The molecule has 0 spiro atoms. The average molecular weight is 450 g/mol. The molecule has 1 aromatic heterocycles. The highest BCUT2D eigenvalue weighted by Crippen LogP contribution is 2.32. The first kappa shape index (κ1) is 23.2. The number of rotatable bonds is 8. The number of hydrogen-bond acceptors (Lipinski definition) is 6. The number of hydroxylamine groups is 1. The summed E-state index contributed by atoms with van der Waals surface area (Å²) in [6.07, 6.45) is 1.44. The van der Waals surface area contributed by atoms with Crippen LogP contribution in [0.2, 0.25) is 0 Å². The molecule has 4 N–H and O–H groups in total. The smallest absolute Gasteiger partial charge is 0.249 e. The number of nitrogens with one attached hydrogen (secondary N) is 2. The number of piperidine rings is 1. The van der Waals surface area contributed by atoms with Gasteiger partial charge in [-0.2, -0.15) is 0 Å². The average Bonchev–Trinajstić information content (AvgIpc) is 2.86. The number of pyridine rings is 1. The predicted molar refractivity (Wildman–Crippen MR) is 126 cm³/mol. The summed E-state index contributed by atoms with van der Waals surface area (Å²) >= 11 is 0. The fraction of sp³-hybridized carbons (Fsp3) is 0.385. The first-order valence-electron chi connectivity index (χ1n) is 11.5. The standard InChI is InChI=1S/C26H31N3O4/c1-17-14-20(22-4-2-3-5-24(22)28-17)16-33-21-8-6-19(7-9-21)25(30)23(26(31)29-32)15-18-10-12-27-13-11-18/h2-9,14,18,23,25,27,30,32H,10-13,15-16H2,1H3,(H,29,31). The lowest BCUT2D eigenvalue weighted by Gasteiger charge is -2.28. The zero-order chi connectivity index (χ0) is 23.2. The molecular weight excluding hydrogens is 418 g/mol. The Balaban J connectivity index is 1.44. The fourth-order valence-electron chi connectivity index (χ4n) is 4.61. The van der Waals surface area contributed by atoms with E-state index in [4.69, 9.17) is 4.74 Å². The molecular formula is C26H31N3O4. The van der Waals surface area contributed by atoms with Gasteiger partial charge in [-0.25, -0.2) is 5.48 Å². The van der Waals surface area contributed by atoms with Gasteiger partial charge in [-0.05, 0) is 75.0 Å². The third-order valence-electron chi connectivity index (χ3n) is 6.42. The van der Waals surface area contributed by atoms with Crippen molar-refractivity contribution < 1.29 is 19.8 Å². The number of benzene rings is 2. The number of carbonyl (C=O) groups excluding carboxylic acids is 1. The van der Waals surface area contributed by atoms with Crippen LogP contribution < -0.4 is 15.5 Å². The Labute approximate surface area is 193 Å². The predicted octanol–water partition coefficient (Wildman–Crippen LogP) is 3.67. The van der Waals surface area contributed by atoms with Gasteiger partial charge in [-0.1, -0.05) is 30.3 Å². The van der Waals surface area contributed by atoms with E-state index in [1.807, 2.05) is 37.3 Å². The van der Waals surface area contributed by atoms with Crippen LogP contribution in [-0.4, -0.2) is 34.3 Å². The Morgan fingerprint density at radius 1 is 1.18 bits per heavy atom. The first-order chi connectivity index (χ1) is 16.0. The number of nitrogens with zero attached hydrogens (tertiary/aromatic N) is 1. The van der Waals surface area contributed by atoms with Crippen LogP contribution in [0, 0.1) is 18.8 Å². The van der Waals surface area contributed by atoms with Crippen molar-refractivity contribution >= 4 is 16.8 Å². The van der Waals surface area contributed by atoms with Crippen LogP contribution in [0.25, 0.3) is 10.9 Å². The van der Waals surface area contributed by atoms with Crippen molar-refractivity contribution in [2.24, 2.45) is 11.8 Å². The summed E-state index contributed by atoms with van der Waals surface area (Å²) in [6, 6.07) is 17.2. The van der Waals surface area contributed by atoms with Gasteiger partial charge >= 0.3 is 0 Å². The third-order valence-corrected chi connectivity index (χ3v) is 6.42. The molecule has 1 fully saturated rings. The highest BCUT2D eigenvalue weighted by atomic mass is 16.5. The molecule has 4 rings (SSSR count). The highest BCUT2D eigenvalue weighted by molar-refractivity contribution is 5.82. The van der Waals surface area contributed by atoms with E-state index in [-0.39, 0.29) is 0 Å². The van der Waals surface area contributed by atoms with E-state index in [1.165, 1.54) is 0 Å². The highest BCUT2D eigenvalue weighted by Gasteiger charge is 2.31. The van der Waals surface area contributed by atoms with E-state index < -0.39 is 17.9 Å². The van der Waals surface area contributed by atoms with E-state index in [0.717, 1.165) is 48.1 Å². The van der Waals surface area contributed by atoms with Gasteiger partial charge in [-0.15, -0.1) is 0 Å². The van der Waals surface area contributed by atoms with Crippen LogP contribution in [-0.2, 0) is 11.4 Å². The summed E-state index contributed by atoms with van der Waals surface area (Å²) < 4.78 is 6.00. The molecule has 3 aromatic rings. The van der Waals surface area contributed by atoms with Gasteiger partial charge in [0.05, 0.1) is 17.5 Å². The van der Waals surface area contributed by atoms with Gasteiger partial charge in [-0.3, -0.25) is 15.0 Å². The van der Waals surface area contributed by atoms with Crippen LogP contribution in [0.15, 0.2) is 54.6 Å². The fourth-order valence-corrected chi connectivity index (χ4v) is 4.61. The number of ether oxygens (including phenoxy) is 1. The van der Waals surface area contributed by atoms with Crippen LogP contribution >= 0.6 is 0 Å². The van der Waals surface area contributed by atoms with Crippen LogP contribution in [0.1, 0.15) is 42.2 Å². The molecule has 0 bridgehead atoms. The molecule has 1 saturated heterocycles. The molecule has 2 heterocycles. The molecule has 33 heavy (non-hydrogen) atoms. The summed E-state index contributed by atoms with van der Waals surface area (Å²) in [5, 5.41) is 24.5. The Kier molecular flexibility index (Phi) is 7.54. The molecule has 0 aliphatic carbocycles. The number of amides is 1. The molecule has 1 aliphatic rings. The topological polar surface area (TPSA) is 104 Å². The van der Waals surface area contributed by atoms with E-state index in [2.05, 4.69) is 10.3 Å². The van der Waals surface area contributed by atoms with Crippen molar-refractivity contribution in [2.75, 3.05) is 13.1 Å². The van der Waals surface area contributed by atoms with Crippen molar-refractivity contribution in [3.8, 4) is 5.75 Å². The molecule has 2 atom stereocenters. The van der Waals surface area contributed by atoms with Gasteiger partial charge < -0.3 is 15.2 Å². The van der Waals surface area contributed by atoms with Crippen molar-refractivity contribution in [2.45, 2.75) is 38.9 Å². The van der Waals surface area contributed by atoms with E-state index in [9.17, 15) is 15.1 Å². The quantitative estimate of drug-likeness (QED) is 0.309. The van der Waals surface area contributed by atoms with Crippen molar-refractivity contribution in [3.63, 3.8) is 0 Å². The van der Waals surface area contributed by atoms with E-state index in [0.29, 0.717) is 30.3 Å². The van der Waals surface area contributed by atoms with Crippen LogP contribution in [0.4, 0.5) is 0 Å². The van der Waals surface area contributed by atoms with Crippen LogP contribution in [0.5, 0.6) is 5.75 Å². The number of fused-ring (bicyclic) bond motifs is 1. The van der Waals surface area contributed by atoms with Gasteiger partial charge in [0.25, 0.3) is 0 Å². The molecule has 0 saturated carbocycles. The Morgan fingerprint density at radius 3 is 2.64 bits per heavy atom. The minimum Gasteiger partial charge on any atom is -0.489 e. The minimum atomic E-state index is -1.01. The number of aromatic nitrogens is 1. The summed E-state index contributed by atoms with van der Waals surface area (Å²) in [5.41, 5.74) is 5.29. The summed E-state index contributed by atoms with van der Waals surface area (Å²) in [5.74, 6) is -0.257. The lowest BCUT2D eigenvalue weighted by Crippen LogP contribution is -2.36. The van der Waals surface area contributed by atoms with Crippen molar-refractivity contribution in [1.82, 2.24) is 15.8 Å². The molecule has 2 unspecified atom stereocenters. The van der Waals surface area contributed by atoms with Gasteiger partial charge in [0.2, 0.25) is 5.91 Å². The second-order valence-corrected chi connectivity index (χ2v) is 8.75. The van der Waals surface area contributed by atoms with Crippen molar-refractivity contribution in [1.29, 1.82) is 0 Å². The second-order valence-electron chi connectivity index (χ2n) is 8.75. The Morgan fingerprint density at radius 2 is 1.91 bits per heavy atom. The number of para-hydroxylation sites is 1. The van der Waals surface area contributed by atoms with Gasteiger partial charge in [0.1, 0.15) is 12.4 Å². The molecule has 1 aliphatic heterocycles. The molecule has 0 radical (unpaired) electrons. The zero-order valence-electron chi connectivity index (χ0n) is 18.8. The van der Waals surface area contributed by atoms with Crippen molar-refractivity contribution in [3.05, 3.63) is 71.4 Å². The summed E-state index contributed by atoms with van der Waals surface area (Å²) in [4.78, 5) is 16.9. The maximum Gasteiger partial charge on any atom is 0.249 e. The number of carbonyl (C=O) groups is 1. The number of aryl methyl sites for hydroxylation is 1. The SMILES string of the molecule is Cc1cc(COc2ccc(C(O)C(CC3CCNCC3)C(=O)NO)cc2)c2ccccc2n1. The van der Waals surface area contributed by atoms with Gasteiger partial charge in [0, 0.05) is 16.6 Å². The van der Waals surface area contributed by atoms with E-state index >= 15 is 0 Å². The monoisotopic (exact) mass is 449 g/mol. The molecule has 7 nitrogen and oxygen atoms in total. The zero-order valence-corrected chi connectivity index (χ0v) is 18.8. The minimum absolute atomic E-state index is 0.337. The van der Waals surface area contributed by atoms with Crippen LogP contribution in [0.3, 0.4) is 0 Å². The van der Waals surface area contributed by atoms with Gasteiger partial charge in [0.15, 0.2) is 0 Å². The maximum absolute atomic E-state index is 12.3. The Bertz CT molecular complexity index is 1080. The van der Waals surface area contributed by atoms with E-state index in [1.54, 1.807) is 29.7 Å². The molecule has 174 valence electrons. The summed E-state index contributed by atoms with van der Waals surface area (Å²) in [6.45, 7) is 4.19. The molecule has 1 amide bonds. The second kappa shape index (κ2) is 10.7. The number of hydrogen-bond donors (Lipinski definition) is 4. The molecule has 2 aromatic carbocycles. The largest absolute Gasteiger partial charge is 0.489 e. The number of aliphatic hydroxyl groups excluding tert-OH is 1.